The highest BCUT2D eigenvalue weighted by Crippen LogP contribution is 2.32. The number of benzene rings is 2. The molecule has 0 unspecified atom stereocenters. The van der Waals surface area contributed by atoms with E-state index in [0.717, 1.165) is 31.2 Å². The lowest BCUT2D eigenvalue weighted by molar-refractivity contribution is -0.121. The molecule has 1 fully saturated rings. The van der Waals surface area contributed by atoms with E-state index in [2.05, 4.69) is 35.6 Å². The molecule has 0 atom stereocenters. The fourth-order valence-electron chi connectivity index (χ4n) is 3.36. The van der Waals surface area contributed by atoms with E-state index in [4.69, 9.17) is 11.6 Å². The summed E-state index contributed by atoms with van der Waals surface area (Å²) < 4.78 is 0. The molecule has 1 aliphatic rings. The van der Waals surface area contributed by atoms with E-state index >= 15 is 0 Å². The van der Waals surface area contributed by atoms with E-state index in [0.29, 0.717) is 23.4 Å². The SMILES string of the molecule is O=C(Cc1ccc(Cl)cc1)NC1CCC(c2ccccc2)CC1. The molecule has 2 nitrogen and oxygen atoms in total. The molecule has 0 saturated heterocycles. The Labute approximate surface area is 142 Å². The molecule has 2 aromatic carbocycles. The topological polar surface area (TPSA) is 29.1 Å². The Morgan fingerprint density at radius 2 is 1.61 bits per heavy atom. The highest BCUT2D eigenvalue weighted by molar-refractivity contribution is 6.30. The van der Waals surface area contributed by atoms with Gasteiger partial charge in [0.2, 0.25) is 5.91 Å². The molecule has 3 heteroatoms. The van der Waals surface area contributed by atoms with Gasteiger partial charge in [-0.05, 0) is 54.9 Å². The zero-order chi connectivity index (χ0) is 16.1. The Balaban J connectivity index is 1.47. The third kappa shape index (κ3) is 4.59. The van der Waals surface area contributed by atoms with Gasteiger partial charge in [-0.2, -0.15) is 0 Å². The zero-order valence-corrected chi connectivity index (χ0v) is 13.9. The summed E-state index contributed by atoms with van der Waals surface area (Å²) in [7, 11) is 0. The van der Waals surface area contributed by atoms with E-state index in [1.54, 1.807) is 0 Å². The Morgan fingerprint density at radius 3 is 2.26 bits per heavy atom. The minimum atomic E-state index is 0.107. The van der Waals surface area contributed by atoms with Crippen LogP contribution in [0.25, 0.3) is 0 Å². The average molecular weight is 328 g/mol. The summed E-state index contributed by atoms with van der Waals surface area (Å²) in [5.41, 5.74) is 2.43. The van der Waals surface area contributed by atoms with Gasteiger partial charge in [-0.1, -0.05) is 54.1 Å². The highest BCUT2D eigenvalue weighted by Gasteiger charge is 2.23. The molecule has 1 amide bonds. The molecule has 1 aliphatic carbocycles. The summed E-state index contributed by atoms with van der Waals surface area (Å²) in [6.45, 7) is 0. The van der Waals surface area contributed by atoms with Gasteiger partial charge < -0.3 is 5.32 Å². The van der Waals surface area contributed by atoms with Crippen molar-refractivity contribution in [1.29, 1.82) is 0 Å². The minimum Gasteiger partial charge on any atom is -0.353 e. The van der Waals surface area contributed by atoms with Crippen molar-refractivity contribution in [1.82, 2.24) is 5.32 Å². The maximum absolute atomic E-state index is 12.2. The molecule has 2 aromatic rings. The molecule has 0 aliphatic heterocycles. The lowest BCUT2D eigenvalue weighted by Crippen LogP contribution is -2.38. The van der Waals surface area contributed by atoms with Crippen LogP contribution < -0.4 is 5.32 Å². The van der Waals surface area contributed by atoms with Crippen LogP contribution in [0, 0.1) is 0 Å². The van der Waals surface area contributed by atoms with Crippen molar-refractivity contribution in [3.05, 3.63) is 70.7 Å². The fraction of sp³-hybridized carbons (Fsp3) is 0.350. The molecule has 23 heavy (non-hydrogen) atoms. The Bertz CT molecular complexity index is 630. The predicted molar refractivity (Wildman–Crippen MR) is 94.7 cm³/mol. The lowest BCUT2D eigenvalue weighted by atomic mass is 9.82. The van der Waals surface area contributed by atoms with Crippen LogP contribution in [0.4, 0.5) is 0 Å². The molecule has 0 spiro atoms. The second-order valence-electron chi connectivity index (χ2n) is 6.33. The van der Waals surface area contributed by atoms with Gasteiger partial charge in [-0.25, -0.2) is 0 Å². The van der Waals surface area contributed by atoms with Gasteiger partial charge in [0.15, 0.2) is 0 Å². The number of carbonyl (C=O) groups excluding carboxylic acids is 1. The van der Waals surface area contributed by atoms with Crippen LogP contribution in [0.2, 0.25) is 5.02 Å². The molecular formula is C20H22ClNO. The van der Waals surface area contributed by atoms with Crippen molar-refractivity contribution in [3.63, 3.8) is 0 Å². The second kappa shape index (κ2) is 7.65. The summed E-state index contributed by atoms with van der Waals surface area (Å²) in [5, 5.41) is 3.88. The molecule has 120 valence electrons. The fourth-order valence-corrected chi connectivity index (χ4v) is 3.49. The second-order valence-corrected chi connectivity index (χ2v) is 6.77. The van der Waals surface area contributed by atoms with Crippen LogP contribution in [-0.4, -0.2) is 11.9 Å². The molecule has 0 radical (unpaired) electrons. The molecule has 1 N–H and O–H groups in total. The maximum Gasteiger partial charge on any atom is 0.224 e. The van der Waals surface area contributed by atoms with E-state index in [9.17, 15) is 4.79 Å². The number of nitrogens with one attached hydrogen (secondary N) is 1. The molecule has 0 bridgehead atoms. The lowest BCUT2D eigenvalue weighted by Gasteiger charge is -2.29. The summed E-state index contributed by atoms with van der Waals surface area (Å²) in [4.78, 5) is 12.2. The first-order valence-corrected chi connectivity index (χ1v) is 8.67. The molecule has 3 rings (SSSR count). The van der Waals surface area contributed by atoms with Gasteiger partial charge in [0.1, 0.15) is 0 Å². The van der Waals surface area contributed by atoms with Crippen molar-refractivity contribution in [2.75, 3.05) is 0 Å². The van der Waals surface area contributed by atoms with Gasteiger partial charge in [-0.15, -0.1) is 0 Å². The van der Waals surface area contributed by atoms with Crippen LogP contribution in [0.3, 0.4) is 0 Å². The number of hydrogen-bond donors (Lipinski definition) is 1. The molecule has 1 saturated carbocycles. The van der Waals surface area contributed by atoms with Crippen molar-refractivity contribution in [3.8, 4) is 0 Å². The Kier molecular flexibility index (Phi) is 5.35. The number of hydrogen-bond acceptors (Lipinski definition) is 1. The monoisotopic (exact) mass is 327 g/mol. The summed E-state index contributed by atoms with van der Waals surface area (Å²) >= 11 is 5.87. The standard InChI is InChI=1S/C20H22ClNO/c21-18-10-6-15(7-11-18)14-20(23)22-19-12-8-17(9-13-19)16-4-2-1-3-5-16/h1-7,10-11,17,19H,8-9,12-14H2,(H,22,23). The molecular weight excluding hydrogens is 306 g/mol. The van der Waals surface area contributed by atoms with E-state index in [1.807, 2.05) is 24.3 Å². The summed E-state index contributed by atoms with van der Waals surface area (Å²) in [6, 6.07) is 18.5. The van der Waals surface area contributed by atoms with E-state index in [-0.39, 0.29) is 5.91 Å². The van der Waals surface area contributed by atoms with Gasteiger partial charge in [0.25, 0.3) is 0 Å². The first-order chi connectivity index (χ1) is 11.2. The number of halogens is 1. The van der Waals surface area contributed by atoms with Gasteiger partial charge in [0, 0.05) is 11.1 Å². The third-order valence-electron chi connectivity index (χ3n) is 4.64. The van der Waals surface area contributed by atoms with Crippen LogP contribution in [0.5, 0.6) is 0 Å². The summed E-state index contributed by atoms with van der Waals surface area (Å²) in [5.74, 6) is 0.746. The Morgan fingerprint density at radius 1 is 0.957 bits per heavy atom. The minimum absolute atomic E-state index is 0.107. The van der Waals surface area contributed by atoms with Crippen molar-refractivity contribution >= 4 is 17.5 Å². The summed E-state index contributed by atoms with van der Waals surface area (Å²) in [6.07, 6.45) is 4.85. The number of rotatable bonds is 4. The normalized spacial score (nSPS) is 20.9. The molecule has 0 aromatic heterocycles. The predicted octanol–water partition coefficient (Wildman–Crippen LogP) is 4.73. The van der Waals surface area contributed by atoms with Crippen LogP contribution >= 0.6 is 11.6 Å². The van der Waals surface area contributed by atoms with Gasteiger partial charge in [0.05, 0.1) is 6.42 Å². The van der Waals surface area contributed by atoms with Crippen LogP contribution in [0.15, 0.2) is 54.6 Å². The van der Waals surface area contributed by atoms with Crippen LogP contribution in [-0.2, 0) is 11.2 Å². The van der Waals surface area contributed by atoms with Crippen LogP contribution in [0.1, 0.15) is 42.7 Å². The number of carbonyl (C=O) groups is 1. The number of amides is 1. The quantitative estimate of drug-likeness (QED) is 0.864. The first-order valence-electron chi connectivity index (χ1n) is 8.29. The van der Waals surface area contributed by atoms with Gasteiger partial charge >= 0.3 is 0 Å². The Hall–Kier alpha value is -1.80. The largest absolute Gasteiger partial charge is 0.353 e. The third-order valence-corrected chi connectivity index (χ3v) is 4.89. The van der Waals surface area contributed by atoms with E-state index < -0.39 is 0 Å². The maximum atomic E-state index is 12.2. The zero-order valence-electron chi connectivity index (χ0n) is 13.2. The van der Waals surface area contributed by atoms with Crippen molar-refractivity contribution in [2.24, 2.45) is 0 Å². The smallest absolute Gasteiger partial charge is 0.224 e. The van der Waals surface area contributed by atoms with Gasteiger partial charge in [-0.3, -0.25) is 4.79 Å². The van der Waals surface area contributed by atoms with Crippen molar-refractivity contribution < 1.29 is 4.79 Å². The van der Waals surface area contributed by atoms with Crippen molar-refractivity contribution in [2.45, 2.75) is 44.1 Å². The van der Waals surface area contributed by atoms with E-state index in [1.165, 1.54) is 5.56 Å². The molecule has 0 heterocycles. The first kappa shape index (κ1) is 16.1. The average Bonchev–Trinajstić information content (AvgIpc) is 2.58. The highest BCUT2D eigenvalue weighted by atomic mass is 35.5.